The molecule has 0 fully saturated rings. The largest absolute Gasteiger partial charge is 0.321 e. The van der Waals surface area contributed by atoms with Gasteiger partial charge in [0.15, 0.2) is 5.16 Å². The Hall–Kier alpha value is -2.98. The summed E-state index contributed by atoms with van der Waals surface area (Å²) in [5, 5.41) is 12.4. The number of nitrogens with zero attached hydrogens (tertiary/aromatic N) is 4. The van der Waals surface area contributed by atoms with Gasteiger partial charge in [0.2, 0.25) is 0 Å². The van der Waals surface area contributed by atoms with Gasteiger partial charge in [-0.3, -0.25) is 9.59 Å². The molecular formula is C24H28N6O2S2. The molecule has 10 heteroatoms. The molecule has 34 heavy (non-hydrogen) atoms. The molecule has 4 rings (SSSR count). The summed E-state index contributed by atoms with van der Waals surface area (Å²) < 4.78 is 2.03. The van der Waals surface area contributed by atoms with E-state index in [-0.39, 0.29) is 11.5 Å². The van der Waals surface area contributed by atoms with E-state index in [1.807, 2.05) is 36.6 Å². The number of aromatic amines is 1. The molecule has 0 saturated heterocycles. The lowest BCUT2D eigenvalue weighted by Gasteiger charge is -2.08. The average Bonchev–Trinajstić information content (AvgIpc) is 3.38. The second-order valence-electron chi connectivity index (χ2n) is 8.32. The van der Waals surface area contributed by atoms with Gasteiger partial charge in [0.1, 0.15) is 17.0 Å². The van der Waals surface area contributed by atoms with Gasteiger partial charge >= 0.3 is 0 Å². The van der Waals surface area contributed by atoms with E-state index in [1.165, 1.54) is 23.1 Å². The summed E-state index contributed by atoms with van der Waals surface area (Å²) in [7, 11) is 0. The Bertz CT molecular complexity index is 1390. The molecule has 0 aliphatic heterocycles. The smallest absolute Gasteiger partial charge is 0.266 e. The molecule has 0 spiro atoms. The number of thiophene rings is 1. The van der Waals surface area contributed by atoms with E-state index in [4.69, 9.17) is 0 Å². The Balaban J connectivity index is 1.53. The van der Waals surface area contributed by atoms with Gasteiger partial charge in [-0.15, -0.1) is 21.5 Å². The molecule has 178 valence electrons. The lowest BCUT2D eigenvalue weighted by Crippen LogP contribution is -2.13. The van der Waals surface area contributed by atoms with Crippen LogP contribution in [0.4, 0.5) is 5.69 Å². The van der Waals surface area contributed by atoms with E-state index in [0.717, 1.165) is 47.8 Å². The fourth-order valence-electron chi connectivity index (χ4n) is 3.78. The van der Waals surface area contributed by atoms with Crippen molar-refractivity contribution in [3.05, 3.63) is 62.3 Å². The van der Waals surface area contributed by atoms with Crippen LogP contribution in [0.2, 0.25) is 0 Å². The zero-order chi connectivity index (χ0) is 24.2. The molecule has 1 amide bonds. The number of aromatic nitrogens is 5. The molecule has 8 nitrogen and oxygen atoms in total. The monoisotopic (exact) mass is 496 g/mol. The lowest BCUT2D eigenvalue weighted by molar-refractivity contribution is 0.103. The van der Waals surface area contributed by atoms with E-state index < -0.39 is 0 Å². The zero-order valence-corrected chi connectivity index (χ0v) is 21.4. The van der Waals surface area contributed by atoms with Crippen LogP contribution in [0.3, 0.4) is 0 Å². The molecule has 3 aromatic heterocycles. The molecule has 4 aromatic rings. The summed E-state index contributed by atoms with van der Waals surface area (Å²) in [6.45, 7) is 8.81. The number of hydrogen-bond donors (Lipinski definition) is 2. The molecule has 0 unspecified atom stereocenters. The predicted molar refractivity (Wildman–Crippen MR) is 138 cm³/mol. The number of thioether (sulfide) groups is 1. The second kappa shape index (κ2) is 10.5. The Kier molecular flexibility index (Phi) is 7.47. The maximum absolute atomic E-state index is 13.0. The van der Waals surface area contributed by atoms with Crippen molar-refractivity contribution in [1.29, 1.82) is 0 Å². The van der Waals surface area contributed by atoms with E-state index >= 15 is 0 Å². The van der Waals surface area contributed by atoms with Crippen LogP contribution in [0.5, 0.6) is 0 Å². The third-order valence-corrected chi connectivity index (χ3v) is 7.78. The first-order chi connectivity index (χ1) is 16.4. The molecule has 0 radical (unpaired) electrons. The standard InChI is InChI=1S/C24H28N6O2S2/c1-5-6-7-10-30-13-25-29-24(30)33-12-18-27-21(31)19-16(4)20(34-23(19)28-18)22(32)26-17-9-8-14(2)11-15(17)3/h8-9,11,13H,5-7,10,12H2,1-4H3,(H,26,32)(H,27,28,31). The van der Waals surface area contributed by atoms with Crippen molar-refractivity contribution in [2.75, 3.05) is 5.32 Å². The average molecular weight is 497 g/mol. The fourth-order valence-corrected chi connectivity index (χ4v) is 5.69. The van der Waals surface area contributed by atoms with Crippen molar-refractivity contribution in [2.24, 2.45) is 0 Å². The van der Waals surface area contributed by atoms with Crippen LogP contribution in [0.25, 0.3) is 10.2 Å². The van der Waals surface area contributed by atoms with Gasteiger partial charge in [0.25, 0.3) is 11.5 Å². The van der Waals surface area contributed by atoms with Gasteiger partial charge < -0.3 is 14.9 Å². The maximum Gasteiger partial charge on any atom is 0.266 e. The molecule has 0 bridgehead atoms. The predicted octanol–water partition coefficient (Wildman–Crippen LogP) is 5.24. The third-order valence-electron chi connectivity index (χ3n) is 5.61. The van der Waals surface area contributed by atoms with Crippen LogP contribution >= 0.6 is 23.1 Å². The number of hydrogen-bond acceptors (Lipinski definition) is 7. The minimum atomic E-state index is -0.233. The number of aryl methyl sites for hydroxylation is 4. The highest BCUT2D eigenvalue weighted by Gasteiger charge is 2.20. The van der Waals surface area contributed by atoms with Crippen LogP contribution in [0.1, 0.15) is 58.4 Å². The molecule has 0 atom stereocenters. The van der Waals surface area contributed by atoms with Crippen LogP contribution in [0, 0.1) is 20.8 Å². The lowest BCUT2D eigenvalue weighted by atomic mass is 10.1. The summed E-state index contributed by atoms with van der Waals surface area (Å²) in [5.41, 5.74) is 3.29. The Morgan fingerprint density at radius 3 is 2.82 bits per heavy atom. The molecule has 0 aliphatic carbocycles. The van der Waals surface area contributed by atoms with Crippen LogP contribution in [-0.2, 0) is 12.3 Å². The van der Waals surface area contributed by atoms with Gasteiger partial charge in [0.05, 0.1) is 16.0 Å². The highest BCUT2D eigenvalue weighted by molar-refractivity contribution is 7.98. The Morgan fingerprint density at radius 1 is 1.24 bits per heavy atom. The van der Waals surface area contributed by atoms with Gasteiger partial charge in [-0.1, -0.05) is 49.2 Å². The summed E-state index contributed by atoms with van der Waals surface area (Å²) in [6.07, 6.45) is 5.12. The number of unbranched alkanes of at least 4 members (excludes halogenated alkanes) is 2. The molecule has 2 N–H and O–H groups in total. The topological polar surface area (TPSA) is 106 Å². The van der Waals surface area contributed by atoms with Gasteiger partial charge in [-0.2, -0.15) is 0 Å². The molecule has 1 aromatic carbocycles. The van der Waals surface area contributed by atoms with Crippen LogP contribution < -0.4 is 10.9 Å². The Labute approximate surface area is 206 Å². The van der Waals surface area contributed by atoms with E-state index in [0.29, 0.717) is 32.2 Å². The summed E-state index contributed by atoms with van der Waals surface area (Å²) in [4.78, 5) is 34.4. The van der Waals surface area contributed by atoms with Crippen LogP contribution in [0.15, 0.2) is 34.5 Å². The first kappa shape index (κ1) is 24.2. The van der Waals surface area contributed by atoms with E-state index in [1.54, 1.807) is 13.3 Å². The highest BCUT2D eigenvalue weighted by Crippen LogP contribution is 2.29. The number of fused-ring (bicyclic) bond motifs is 1. The van der Waals surface area contributed by atoms with Crippen molar-refractivity contribution >= 4 is 44.9 Å². The van der Waals surface area contributed by atoms with Gasteiger partial charge in [0, 0.05) is 12.2 Å². The zero-order valence-electron chi connectivity index (χ0n) is 19.8. The van der Waals surface area contributed by atoms with E-state index in [9.17, 15) is 9.59 Å². The van der Waals surface area contributed by atoms with Crippen molar-refractivity contribution in [3.8, 4) is 0 Å². The van der Waals surface area contributed by atoms with Crippen molar-refractivity contribution in [2.45, 2.75) is 64.4 Å². The SMILES string of the molecule is CCCCCn1cnnc1SCc1nc2sc(C(=O)Nc3ccc(C)cc3C)c(C)c2c(=O)[nH]1. The maximum atomic E-state index is 13.0. The van der Waals surface area contributed by atoms with E-state index in [2.05, 4.69) is 32.4 Å². The summed E-state index contributed by atoms with van der Waals surface area (Å²) in [5.74, 6) is 0.773. The molecule has 0 saturated carbocycles. The number of H-pyrrole nitrogens is 1. The fraction of sp³-hybridized carbons (Fsp3) is 0.375. The number of amides is 1. The number of nitrogens with one attached hydrogen (secondary N) is 2. The number of benzene rings is 1. The molecule has 3 heterocycles. The van der Waals surface area contributed by atoms with Crippen molar-refractivity contribution in [3.63, 3.8) is 0 Å². The number of rotatable bonds is 9. The number of carbonyl (C=O) groups excluding carboxylic acids is 1. The normalized spacial score (nSPS) is 11.3. The van der Waals surface area contributed by atoms with Crippen molar-refractivity contribution < 1.29 is 4.79 Å². The molecular weight excluding hydrogens is 468 g/mol. The third kappa shape index (κ3) is 5.23. The number of anilines is 1. The van der Waals surface area contributed by atoms with Gasteiger partial charge in [-0.25, -0.2) is 4.98 Å². The van der Waals surface area contributed by atoms with Gasteiger partial charge in [-0.05, 0) is 44.4 Å². The minimum absolute atomic E-state index is 0.232. The minimum Gasteiger partial charge on any atom is -0.321 e. The second-order valence-corrected chi connectivity index (χ2v) is 10.3. The number of carbonyl (C=O) groups is 1. The first-order valence-corrected chi connectivity index (χ1v) is 13.1. The highest BCUT2D eigenvalue weighted by atomic mass is 32.2. The van der Waals surface area contributed by atoms with Crippen molar-refractivity contribution in [1.82, 2.24) is 24.7 Å². The quantitative estimate of drug-likeness (QED) is 0.243. The molecule has 0 aliphatic rings. The first-order valence-electron chi connectivity index (χ1n) is 11.3. The summed E-state index contributed by atoms with van der Waals surface area (Å²) >= 11 is 2.73. The Morgan fingerprint density at radius 2 is 2.06 bits per heavy atom. The van der Waals surface area contributed by atoms with Crippen LogP contribution in [-0.4, -0.2) is 30.6 Å². The summed E-state index contributed by atoms with van der Waals surface area (Å²) in [6, 6.07) is 5.88.